The second kappa shape index (κ2) is 9.62. The first-order chi connectivity index (χ1) is 16.1. The van der Waals surface area contributed by atoms with Gasteiger partial charge in [0.1, 0.15) is 22.3 Å². The predicted molar refractivity (Wildman–Crippen MR) is 138 cm³/mol. The van der Waals surface area contributed by atoms with Crippen LogP contribution in [0.4, 0.5) is 5.69 Å². The van der Waals surface area contributed by atoms with E-state index in [1.54, 1.807) is 11.3 Å². The van der Waals surface area contributed by atoms with Crippen molar-refractivity contribution in [1.82, 2.24) is 9.97 Å². The third-order valence-electron chi connectivity index (χ3n) is 5.99. The molecule has 2 aromatic carbocycles. The van der Waals surface area contributed by atoms with Gasteiger partial charge in [0, 0.05) is 11.1 Å². The van der Waals surface area contributed by atoms with Crippen molar-refractivity contribution in [3.8, 4) is 5.75 Å². The molecule has 2 aromatic heterocycles. The number of nitrogens with zero attached hydrogens (tertiary/aromatic N) is 3. The monoisotopic (exact) mass is 475 g/mol. The van der Waals surface area contributed by atoms with E-state index in [1.165, 1.54) is 28.8 Å². The van der Waals surface area contributed by atoms with Gasteiger partial charge in [-0.1, -0.05) is 37.6 Å². The van der Waals surface area contributed by atoms with E-state index in [0.717, 1.165) is 40.1 Å². The first-order valence-electron chi connectivity index (χ1n) is 11.4. The Morgan fingerprint density at radius 3 is 2.55 bits per heavy atom. The molecular weight excluding hydrogens is 450 g/mol. The minimum absolute atomic E-state index is 0.286. The minimum atomic E-state index is 0.286. The molecule has 0 unspecified atom stereocenters. The van der Waals surface area contributed by atoms with E-state index in [1.807, 2.05) is 30.5 Å². The number of ether oxygens (including phenoxy) is 1. The third-order valence-corrected chi connectivity index (χ3v) is 7.45. The molecule has 0 N–H and O–H groups in total. The van der Waals surface area contributed by atoms with Crippen LogP contribution in [-0.2, 0) is 19.4 Å². The number of halogens is 1. The molecule has 0 atom stereocenters. The van der Waals surface area contributed by atoms with Crippen LogP contribution in [0.15, 0.2) is 53.5 Å². The first kappa shape index (κ1) is 22.1. The zero-order valence-corrected chi connectivity index (χ0v) is 20.4. The number of hydrogen-bond acceptors (Lipinski definition) is 5. The van der Waals surface area contributed by atoms with Crippen molar-refractivity contribution >= 4 is 45.1 Å². The molecule has 1 aliphatic rings. The molecule has 0 bridgehead atoms. The van der Waals surface area contributed by atoms with Crippen LogP contribution in [0.2, 0.25) is 5.15 Å². The van der Waals surface area contributed by atoms with Gasteiger partial charge in [0.15, 0.2) is 5.82 Å². The van der Waals surface area contributed by atoms with Crippen molar-refractivity contribution in [2.75, 3.05) is 0 Å². The van der Waals surface area contributed by atoms with Crippen molar-refractivity contribution in [3.05, 3.63) is 81.1 Å². The number of thiophene rings is 1. The van der Waals surface area contributed by atoms with E-state index in [2.05, 4.69) is 48.1 Å². The molecule has 0 saturated carbocycles. The highest BCUT2D eigenvalue weighted by Crippen LogP contribution is 2.38. The third kappa shape index (κ3) is 4.94. The fraction of sp³-hybridized carbons (Fsp3) is 0.296. The lowest BCUT2D eigenvalue weighted by molar-refractivity contribution is 0.296. The van der Waals surface area contributed by atoms with E-state index in [0.29, 0.717) is 16.9 Å². The van der Waals surface area contributed by atoms with E-state index in [-0.39, 0.29) is 6.61 Å². The Morgan fingerprint density at radius 2 is 1.79 bits per heavy atom. The lowest BCUT2D eigenvalue weighted by Gasteiger charge is -2.10. The summed E-state index contributed by atoms with van der Waals surface area (Å²) < 4.78 is 5.93. The number of rotatable bonds is 6. The van der Waals surface area contributed by atoms with Gasteiger partial charge in [0.25, 0.3) is 0 Å². The summed E-state index contributed by atoms with van der Waals surface area (Å²) in [6.07, 6.45) is 6.52. The van der Waals surface area contributed by atoms with Gasteiger partial charge in [-0.25, -0.2) is 9.97 Å². The van der Waals surface area contributed by atoms with Crippen LogP contribution in [0, 0.1) is 0 Å². The normalized spacial score (nSPS) is 13.7. The summed E-state index contributed by atoms with van der Waals surface area (Å²) in [6, 6.07) is 16.2. The molecule has 168 valence electrons. The number of aryl methyl sites for hydroxylation is 2. The summed E-state index contributed by atoms with van der Waals surface area (Å²) >= 11 is 8.29. The Balaban J connectivity index is 1.24. The van der Waals surface area contributed by atoms with E-state index in [9.17, 15) is 0 Å². The van der Waals surface area contributed by atoms with Crippen molar-refractivity contribution in [1.29, 1.82) is 0 Å². The van der Waals surface area contributed by atoms with E-state index in [4.69, 9.17) is 21.3 Å². The van der Waals surface area contributed by atoms with E-state index >= 15 is 0 Å². The summed E-state index contributed by atoms with van der Waals surface area (Å²) in [5, 5.41) is 1.59. The van der Waals surface area contributed by atoms with Crippen LogP contribution in [0.5, 0.6) is 5.75 Å². The summed E-state index contributed by atoms with van der Waals surface area (Å²) in [6.45, 7) is 4.67. The Kier molecular flexibility index (Phi) is 6.43. The average molecular weight is 476 g/mol. The Morgan fingerprint density at radius 1 is 1.03 bits per heavy atom. The number of aromatic nitrogens is 2. The van der Waals surface area contributed by atoms with Gasteiger partial charge < -0.3 is 4.74 Å². The maximum atomic E-state index is 6.54. The quantitative estimate of drug-likeness (QED) is 0.212. The van der Waals surface area contributed by atoms with Crippen molar-refractivity contribution < 1.29 is 4.74 Å². The standard InChI is InChI=1S/C27H26ClN3OS/c1-17(2)19-9-11-20(12-10-19)29-15-18-7-13-21(14-8-18)32-16-24-30-26(28)25-22-5-3-4-6-23(22)33-27(25)31-24/h7-15,17H,3-6,16H2,1-2H3. The van der Waals surface area contributed by atoms with Crippen LogP contribution in [0.1, 0.15) is 60.0 Å². The number of aliphatic imine (C=N–C) groups is 1. The zero-order valence-electron chi connectivity index (χ0n) is 18.8. The highest BCUT2D eigenvalue weighted by molar-refractivity contribution is 7.19. The van der Waals surface area contributed by atoms with Crippen molar-refractivity contribution in [2.24, 2.45) is 4.99 Å². The van der Waals surface area contributed by atoms with Crippen LogP contribution in [0.3, 0.4) is 0 Å². The second-order valence-corrected chi connectivity index (χ2v) is 10.1. The first-order valence-corrected chi connectivity index (χ1v) is 12.6. The molecule has 5 rings (SSSR count). The average Bonchev–Trinajstić information content (AvgIpc) is 3.21. The summed E-state index contributed by atoms with van der Waals surface area (Å²) in [5.41, 5.74) is 4.63. The van der Waals surface area contributed by atoms with Gasteiger partial charge in [0.05, 0.1) is 11.1 Å². The Hall–Kier alpha value is -2.76. The molecule has 0 fully saturated rings. The molecule has 1 aliphatic carbocycles. The molecule has 0 radical (unpaired) electrons. The molecule has 2 heterocycles. The van der Waals surface area contributed by atoms with Crippen LogP contribution in [0.25, 0.3) is 10.2 Å². The lowest BCUT2D eigenvalue weighted by Crippen LogP contribution is -2.03. The highest BCUT2D eigenvalue weighted by Gasteiger charge is 2.20. The Bertz CT molecular complexity index is 1290. The minimum Gasteiger partial charge on any atom is -0.486 e. The van der Waals surface area contributed by atoms with Gasteiger partial charge in [-0.05, 0) is 84.7 Å². The zero-order chi connectivity index (χ0) is 22.8. The largest absolute Gasteiger partial charge is 0.486 e. The topological polar surface area (TPSA) is 47.4 Å². The maximum Gasteiger partial charge on any atom is 0.169 e. The van der Waals surface area contributed by atoms with Gasteiger partial charge in [-0.15, -0.1) is 11.3 Å². The van der Waals surface area contributed by atoms with Crippen LogP contribution in [-0.4, -0.2) is 16.2 Å². The molecule has 33 heavy (non-hydrogen) atoms. The Labute approximate surface area is 203 Å². The lowest BCUT2D eigenvalue weighted by atomic mass is 9.97. The van der Waals surface area contributed by atoms with Crippen molar-refractivity contribution in [2.45, 2.75) is 52.1 Å². The molecular formula is C27H26ClN3OS. The number of benzene rings is 2. The van der Waals surface area contributed by atoms with Crippen LogP contribution >= 0.6 is 22.9 Å². The van der Waals surface area contributed by atoms with Crippen molar-refractivity contribution in [3.63, 3.8) is 0 Å². The predicted octanol–water partition coefficient (Wildman–Crippen LogP) is 7.68. The van der Waals surface area contributed by atoms with Crippen LogP contribution < -0.4 is 4.74 Å². The number of hydrogen-bond donors (Lipinski definition) is 0. The van der Waals surface area contributed by atoms with Gasteiger partial charge in [-0.3, -0.25) is 4.99 Å². The maximum absolute atomic E-state index is 6.54. The van der Waals surface area contributed by atoms with Gasteiger partial charge in [-0.2, -0.15) is 0 Å². The molecule has 0 amide bonds. The summed E-state index contributed by atoms with van der Waals surface area (Å²) in [4.78, 5) is 16.2. The highest BCUT2D eigenvalue weighted by atomic mass is 35.5. The molecule has 0 spiro atoms. The molecule has 4 aromatic rings. The SMILES string of the molecule is CC(C)c1ccc(N=Cc2ccc(OCc3nc(Cl)c4c5c(sc4n3)CCCC5)cc2)cc1. The van der Waals surface area contributed by atoms with E-state index < -0.39 is 0 Å². The molecule has 0 aliphatic heterocycles. The second-order valence-electron chi connectivity index (χ2n) is 8.68. The fourth-order valence-corrected chi connectivity index (χ4v) is 5.75. The number of fused-ring (bicyclic) bond motifs is 3. The fourth-order valence-electron chi connectivity index (χ4n) is 4.11. The molecule has 0 saturated heterocycles. The summed E-state index contributed by atoms with van der Waals surface area (Å²) in [5.74, 6) is 1.90. The molecule has 6 heteroatoms. The molecule has 4 nitrogen and oxygen atoms in total. The van der Waals surface area contributed by atoms with Gasteiger partial charge in [0.2, 0.25) is 0 Å². The summed E-state index contributed by atoms with van der Waals surface area (Å²) in [7, 11) is 0. The van der Waals surface area contributed by atoms with Gasteiger partial charge >= 0.3 is 0 Å². The smallest absolute Gasteiger partial charge is 0.169 e.